The summed E-state index contributed by atoms with van der Waals surface area (Å²) < 4.78 is 120. The SMILES string of the molecule is COc1ccc(N(Cc2ccc(-c3nnc(C(F)(F)F)o3)cc2F)C(=O)N2CCCCC2)cc1.COc1ccc(N(Cc2ccc(C(=O)CNC(=O)C(F)(F)F)cc2F)C(=O)N2CCCCC2)cc1. The van der Waals surface area contributed by atoms with E-state index in [-0.39, 0.29) is 47.4 Å². The van der Waals surface area contributed by atoms with Crippen molar-refractivity contribution in [2.75, 3.05) is 56.7 Å². The number of methoxy groups -OCH3 is 2. The van der Waals surface area contributed by atoms with Crippen LogP contribution in [0, 0.1) is 11.6 Å². The Hall–Kier alpha value is -7.26. The highest BCUT2D eigenvalue weighted by Gasteiger charge is 2.39. The molecular formula is C47H47F8N7O7. The van der Waals surface area contributed by atoms with Gasteiger partial charge in [0.1, 0.15) is 23.1 Å². The molecule has 2 saturated heterocycles. The van der Waals surface area contributed by atoms with Crippen molar-refractivity contribution in [3.8, 4) is 23.0 Å². The van der Waals surface area contributed by atoms with E-state index in [1.165, 1.54) is 53.6 Å². The number of ether oxygens (including phenoxy) is 2. The van der Waals surface area contributed by atoms with Crippen molar-refractivity contribution in [1.29, 1.82) is 0 Å². The number of carbonyl (C=O) groups is 4. The number of anilines is 2. The summed E-state index contributed by atoms with van der Waals surface area (Å²) >= 11 is 0. The fourth-order valence-electron chi connectivity index (χ4n) is 7.39. The smallest absolute Gasteiger partial charge is 0.471 e. The Morgan fingerprint density at radius 2 is 1.10 bits per heavy atom. The molecule has 0 spiro atoms. The maximum atomic E-state index is 15.0. The molecule has 14 nitrogen and oxygen atoms in total. The normalized spacial score (nSPS) is 14.0. The van der Waals surface area contributed by atoms with Crippen LogP contribution in [0.5, 0.6) is 11.5 Å². The Morgan fingerprint density at radius 3 is 1.51 bits per heavy atom. The average molecular weight is 974 g/mol. The minimum Gasteiger partial charge on any atom is -0.497 e. The summed E-state index contributed by atoms with van der Waals surface area (Å²) in [5, 5.41) is 7.78. The number of aromatic nitrogens is 2. The van der Waals surface area contributed by atoms with Crippen LogP contribution < -0.4 is 24.6 Å². The van der Waals surface area contributed by atoms with Crippen LogP contribution >= 0.6 is 0 Å². The number of hydrogen-bond acceptors (Lipinski definition) is 9. The van der Waals surface area contributed by atoms with Gasteiger partial charge in [0.25, 0.3) is 0 Å². The molecule has 5 amide bonds. The third-order valence-corrected chi connectivity index (χ3v) is 11.1. The number of hydrogen-bond donors (Lipinski definition) is 1. The number of ketones is 1. The molecule has 368 valence electrons. The van der Waals surface area contributed by atoms with Crippen molar-refractivity contribution >= 4 is 35.1 Å². The lowest BCUT2D eigenvalue weighted by Crippen LogP contribution is -2.45. The minimum absolute atomic E-state index is 0.00241. The molecule has 7 rings (SSSR count). The van der Waals surface area contributed by atoms with E-state index < -0.39 is 54.0 Å². The number of amides is 5. The summed E-state index contributed by atoms with van der Waals surface area (Å²) in [6.45, 7) is 1.27. The second kappa shape index (κ2) is 22.7. The Bertz CT molecular complexity index is 2560. The third-order valence-electron chi connectivity index (χ3n) is 11.1. The fraction of sp³-hybridized carbons (Fsp3) is 0.362. The largest absolute Gasteiger partial charge is 0.497 e. The number of likely N-dealkylation sites (tertiary alicyclic amines) is 2. The van der Waals surface area contributed by atoms with Gasteiger partial charge in [0.05, 0.1) is 33.9 Å². The van der Waals surface area contributed by atoms with E-state index in [0.717, 1.165) is 50.7 Å². The number of piperidine rings is 2. The Labute approximate surface area is 390 Å². The van der Waals surface area contributed by atoms with Crippen LogP contribution in [-0.4, -0.2) is 96.9 Å². The predicted octanol–water partition coefficient (Wildman–Crippen LogP) is 9.82. The number of halogens is 8. The molecule has 22 heteroatoms. The zero-order chi connectivity index (χ0) is 49.9. The van der Waals surface area contributed by atoms with Gasteiger partial charge in [-0.25, -0.2) is 18.4 Å². The predicted molar refractivity (Wildman–Crippen MR) is 234 cm³/mol. The Kier molecular flexibility index (Phi) is 16.8. The number of carbonyl (C=O) groups excluding carboxylic acids is 4. The molecule has 0 saturated carbocycles. The molecule has 0 unspecified atom stereocenters. The van der Waals surface area contributed by atoms with E-state index in [4.69, 9.17) is 9.47 Å². The number of urea groups is 2. The molecule has 2 aliphatic heterocycles. The standard InChI is InChI=1S/C24H25F4N3O4.C23H22F4N4O3/c1-35-19-9-7-18(8-10-19)31(23(34)30-11-3-2-4-12-30)15-17-6-5-16(13-20(17)25)21(32)14-29-22(33)24(26,27)28;1-33-18-9-7-17(8-10-18)31(22(32)30-11-3-2-4-12-30)14-16-6-5-15(13-19(16)24)20-28-29-21(34-20)23(25,26)27/h5-10,13H,2-4,11-12,14-15H2,1H3,(H,29,33);5-10,13H,2-4,11-12,14H2,1H3. The summed E-state index contributed by atoms with van der Waals surface area (Å²) in [5.41, 5.74) is 1.18. The average Bonchev–Trinajstić information content (AvgIpc) is 3.87. The third kappa shape index (κ3) is 13.5. The maximum absolute atomic E-state index is 15.0. The molecule has 0 atom stereocenters. The second-order valence-corrected chi connectivity index (χ2v) is 15.9. The zero-order valence-corrected chi connectivity index (χ0v) is 37.3. The van der Waals surface area contributed by atoms with Gasteiger partial charge in [-0.05, 0) is 105 Å². The van der Waals surface area contributed by atoms with Gasteiger partial charge in [-0.2, -0.15) is 26.3 Å². The Morgan fingerprint density at radius 1 is 0.638 bits per heavy atom. The van der Waals surface area contributed by atoms with Gasteiger partial charge in [0, 0.05) is 59.8 Å². The molecule has 0 bridgehead atoms. The maximum Gasteiger partial charge on any atom is 0.471 e. The summed E-state index contributed by atoms with van der Waals surface area (Å²) in [7, 11) is 3.04. The molecule has 5 aromatic rings. The minimum atomic E-state index is -5.12. The molecule has 1 N–H and O–H groups in total. The lowest BCUT2D eigenvalue weighted by atomic mass is 10.1. The second-order valence-electron chi connectivity index (χ2n) is 15.9. The summed E-state index contributed by atoms with van der Waals surface area (Å²) in [4.78, 5) is 56.0. The van der Waals surface area contributed by atoms with Crippen LogP contribution in [0.2, 0.25) is 0 Å². The molecule has 1 aromatic heterocycles. The molecule has 2 aliphatic rings. The molecule has 69 heavy (non-hydrogen) atoms. The van der Waals surface area contributed by atoms with Crippen LogP contribution in [0.3, 0.4) is 0 Å². The quantitative estimate of drug-likeness (QED) is 0.0952. The van der Waals surface area contributed by atoms with Crippen molar-refractivity contribution in [1.82, 2.24) is 25.3 Å². The van der Waals surface area contributed by atoms with Crippen LogP contribution in [-0.2, 0) is 24.1 Å². The highest BCUT2D eigenvalue weighted by atomic mass is 19.4. The van der Waals surface area contributed by atoms with Gasteiger partial charge in [-0.3, -0.25) is 19.4 Å². The lowest BCUT2D eigenvalue weighted by Gasteiger charge is -2.33. The Balaban J connectivity index is 0.000000227. The number of nitrogens with zero attached hydrogens (tertiary/aromatic N) is 6. The number of Topliss-reactive ketones (excluding diaryl/α,β-unsaturated/α-hetero) is 1. The van der Waals surface area contributed by atoms with Crippen LogP contribution in [0.15, 0.2) is 89.3 Å². The van der Waals surface area contributed by atoms with Crippen LogP contribution in [0.1, 0.15) is 65.9 Å². The van der Waals surface area contributed by atoms with Gasteiger partial charge >= 0.3 is 36.2 Å². The monoisotopic (exact) mass is 973 g/mol. The summed E-state index contributed by atoms with van der Waals surface area (Å²) in [5.74, 6) is -5.41. The van der Waals surface area contributed by atoms with Crippen molar-refractivity contribution < 1.29 is 68.2 Å². The summed E-state index contributed by atoms with van der Waals surface area (Å²) in [6.07, 6.45) is -4.30. The number of benzene rings is 4. The van der Waals surface area contributed by atoms with Gasteiger partial charge in [0.15, 0.2) is 5.78 Å². The summed E-state index contributed by atoms with van der Waals surface area (Å²) in [6, 6.07) is 20.2. The van der Waals surface area contributed by atoms with E-state index in [9.17, 15) is 54.3 Å². The molecule has 4 aromatic carbocycles. The van der Waals surface area contributed by atoms with Crippen molar-refractivity contribution in [3.05, 3.63) is 119 Å². The number of alkyl halides is 6. The first kappa shape index (κ1) is 51.1. The highest BCUT2D eigenvalue weighted by molar-refractivity contribution is 6.00. The first-order valence-corrected chi connectivity index (χ1v) is 21.6. The van der Waals surface area contributed by atoms with E-state index in [1.54, 1.807) is 58.3 Å². The first-order chi connectivity index (χ1) is 32.9. The lowest BCUT2D eigenvalue weighted by molar-refractivity contribution is -0.173. The van der Waals surface area contributed by atoms with Crippen molar-refractivity contribution in [2.45, 2.75) is 64.0 Å². The molecule has 0 aliphatic carbocycles. The van der Waals surface area contributed by atoms with Crippen LogP contribution in [0.25, 0.3) is 11.5 Å². The van der Waals surface area contributed by atoms with Crippen LogP contribution in [0.4, 0.5) is 56.1 Å². The molecular weight excluding hydrogens is 927 g/mol. The van der Waals surface area contributed by atoms with E-state index in [1.807, 2.05) is 0 Å². The van der Waals surface area contributed by atoms with Gasteiger partial charge in [-0.1, -0.05) is 18.2 Å². The van der Waals surface area contributed by atoms with E-state index in [2.05, 4.69) is 14.6 Å². The topological polar surface area (TPSA) is 151 Å². The number of rotatable bonds is 12. The fourth-order valence-corrected chi connectivity index (χ4v) is 7.39. The van der Waals surface area contributed by atoms with Gasteiger partial charge in [-0.15, -0.1) is 10.2 Å². The van der Waals surface area contributed by atoms with Gasteiger partial charge < -0.3 is 29.0 Å². The first-order valence-electron chi connectivity index (χ1n) is 21.6. The van der Waals surface area contributed by atoms with E-state index in [0.29, 0.717) is 49.1 Å². The van der Waals surface area contributed by atoms with Crippen molar-refractivity contribution in [2.24, 2.45) is 0 Å². The molecule has 3 heterocycles. The molecule has 0 radical (unpaired) electrons. The number of nitrogens with one attached hydrogen (secondary N) is 1. The molecule has 2 fully saturated rings. The highest BCUT2D eigenvalue weighted by Crippen LogP contribution is 2.32. The van der Waals surface area contributed by atoms with E-state index >= 15 is 0 Å². The zero-order valence-electron chi connectivity index (χ0n) is 37.3. The van der Waals surface area contributed by atoms with Gasteiger partial charge in [0.2, 0.25) is 5.89 Å². The van der Waals surface area contributed by atoms with Crippen molar-refractivity contribution in [3.63, 3.8) is 0 Å².